The Hall–Kier alpha value is -1.36. The van der Waals surface area contributed by atoms with E-state index < -0.39 is 5.97 Å². The van der Waals surface area contributed by atoms with Crippen LogP contribution in [0.1, 0.15) is 26.5 Å². The third kappa shape index (κ3) is 2.24. The van der Waals surface area contributed by atoms with Crippen molar-refractivity contribution in [1.29, 1.82) is 0 Å². The predicted molar refractivity (Wildman–Crippen MR) is 60.7 cm³/mol. The molecule has 0 bridgehead atoms. The van der Waals surface area contributed by atoms with Gasteiger partial charge in [0.15, 0.2) is 6.61 Å². The minimum Gasteiger partial charge on any atom is -0.451 e. The molecule has 5 heteroatoms. The Morgan fingerprint density at radius 1 is 1.50 bits per heavy atom. The van der Waals surface area contributed by atoms with Gasteiger partial charge in [0.2, 0.25) is 0 Å². The summed E-state index contributed by atoms with van der Waals surface area (Å²) in [5.41, 5.74) is 1.26. The molecule has 0 spiro atoms. The number of hydrogen-bond acceptors (Lipinski definition) is 4. The summed E-state index contributed by atoms with van der Waals surface area (Å²) in [6.07, 6.45) is 3.28. The highest BCUT2D eigenvalue weighted by molar-refractivity contribution is 7.14. The van der Waals surface area contributed by atoms with Crippen molar-refractivity contribution >= 4 is 23.2 Å². The standard InChI is InChI=1S/C11H13NO3S/c1-12-10(13)6-15-11(14)9-5-7-3-2-4-8(7)16-9/h5H,2-4,6H2,1H3,(H,12,13). The van der Waals surface area contributed by atoms with Gasteiger partial charge in [-0.3, -0.25) is 4.79 Å². The first kappa shape index (κ1) is 11.1. The average molecular weight is 239 g/mol. The molecule has 1 heterocycles. The minimum atomic E-state index is -0.400. The molecule has 1 N–H and O–H groups in total. The molecule has 2 rings (SSSR count). The molecule has 1 aromatic rings. The van der Waals surface area contributed by atoms with Crippen LogP contribution in [-0.2, 0) is 22.4 Å². The molecule has 1 amide bonds. The average Bonchev–Trinajstić information content (AvgIpc) is 2.85. The van der Waals surface area contributed by atoms with Gasteiger partial charge in [0.1, 0.15) is 4.88 Å². The van der Waals surface area contributed by atoms with Crippen molar-refractivity contribution in [2.24, 2.45) is 0 Å². The van der Waals surface area contributed by atoms with Crippen molar-refractivity contribution in [3.63, 3.8) is 0 Å². The molecule has 1 aliphatic carbocycles. The molecule has 0 saturated carbocycles. The third-order valence-corrected chi connectivity index (χ3v) is 3.78. The second kappa shape index (κ2) is 4.65. The number of carbonyl (C=O) groups excluding carboxylic acids is 2. The van der Waals surface area contributed by atoms with Crippen molar-refractivity contribution < 1.29 is 14.3 Å². The molecule has 4 nitrogen and oxygen atoms in total. The minimum absolute atomic E-state index is 0.210. The number of amides is 1. The summed E-state index contributed by atoms with van der Waals surface area (Å²) in [7, 11) is 1.51. The summed E-state index contributed by atoms with van der Waals surface area (Å²) in [6.45, 7) is -0.210. The Morgan fingerprint density at radius 2 is 2.31 bits per heavy atom. The smallest absolute Gasteiger partial charge is 0.348 e. The molecule has 0 fully saturated rings. The lowest BCUT2D eigenvalue weighted by Gasteiger charge is -2.01. The van der Waals surface area contributed by atoms with Crippen molar-refractivity contribution in [3.05, 3.63) is 21.4 Å². The largest absolute Gasteiger partial charge is 0.451 e. The van der Waals surface area contributed by atoms with Crippen LogP contribution in [0, 0.1) is 0 Å². The van der Waals surface area contributed by atoms with E-state index in [4.69, 9.17) is 4.74 Å². The van der Waals surface area contributed by atoms with Gasteiger partial charge in [0, 0.05) is 11.9 Å². The molecule has 0 radical (unpaired) electrons. The number of rotatable bonds is 3. The van der Waals surface area contributed by atoms with Crippen molar-refractivity contribution in [2.45, 2.75) is 19.3 Å². The van der Waals surface area contributed by atoms with Gasteiger partial charge in [0.25, 0.3) is 5.91 Å². The second-order valence-electron chi connectivity index (χ2n) is 3.66. The maximum atomic E-state index is 11.6. The molecular formula is C11H13NO3S. The summed E-state index contributed by atoms with van der Waals surface area (Å²) in [4.78, 5) is 24.4. The van der Waals surface area contributed by atoms with E-state index in [0.717, 1.165) is 12.8 Å². The Labute approximate surface area is 97.6 Å². The Kier molecular flexibility index (Phi) is 3.24. The Morgan fingerprint density at radius 3 is 3.00 bits per heavy atom. The SMILES string of the molecule is CNC(=O)COC(=O)c1cc2c(s1)CCC2. The van der Waals surface area contributed by atoms with Crippen LogP contribution in [0.15, 0.2) is 6.07 Å². The molecule has 16 heavy (non-hydrogen) atoms. The lowest BCUT2D eigenvalue weighted by atomic mass is 10.2. The van der Waals surface area contributed by atoms with Gasteiger partial charge in [-0.15, -0.1) is 11.3 Å². The molecular weight excluding hydrogens is 226 g/mol. The van der Waals surface area contributed by atoms with Crippen LogP contribution in [0.4, 0.5) is 0 Å². The number of thiophene rings is 1. The number of nitrogens with one attached hydrogen (secondary N) is 1. The van der Waals surface area contributed by atoms with E-state index in [2.05, 4.69) is 5.32 Å². The number of fused-ring (bicyclic) bond motifs is 1. The van der Waals surface area contributed by atoms with E-state index >= 15 is 0 Å². The summed E-state index contributed by atoms with van der Waals surface area (Å²) in [5.74, 6) is -0.694. The normalized spacial score (nSPS) is 13.3. The third-order valence-electron chi connectivity index (χ3n) is 2.56. The molecule has 86 valence electrons. The number of likely N-dealkylation sites (N-methyl/N-ethyl adjacent to an activating group) is 1. The summed E-state index contributed by atoms with van der Waals surface area (Å²) < 4.78 is 4.88. The van der Waals surface area contributed by atoms with E-state index in [1.54, 1.807) is 0 Å². The number of ether oxygens (including phenoxy) is 1. The van der Waals surface area contributed by atoms with Gasteiger partial charge in [-0.2, -0.15) is 0 Å². The fraction of sp³-hybridized carbons (Fsp3) is 0.455. The van der Waals surface area contributed by atoms with Gasteiger partial charge in [-0.25, -0.2) is 4.79 Å². The van der Waals surface area contributed by atoms with Crippen LogP contribution in [-0.4, -0.2) is 25.5 Å². The number of esters is 1. The zero-order valence-electron chi connectivity index (χ0n) is 9.04. The fourth-order valence-electron chi connectivity index (χ4n) is 1.70. The molecule has 0 unspecified atom stereocenters. The van der Waals surface area contributed by atoms with Crippen molar-refractivity contribution in [2.75, 3.05) is 13.7 Å². The molecule has 0 aromatic carbocycles. The van der Waals surface area contributed by atoms with E-state index in [-0.39, 0.29) is 12.5 Å². The topological polar surface area (TPSA) is 55.4 Å². The number of aryl methyl sites for hydroxylation is 2. The summed E-state index contributed by atoms with van der Waals surface area (Å²) in [6, 6.07) is 1.89. The fourth-order valence-corrected chi connectivity index (χ4v) is 2.85. The molecule has 1 aromatic heterocycles. The zero-order chi connectivity index (χ0) is 11.5. The highest BCUT2D eigenvalue weighted by Crippen LogP contribution is 2.30. The highest BCUT2D eigenvalue weighted by Gasteiger charge is 2.19. The van der Waals surface area contributed by atoms with E-state index in [1.807, 2.05) is 6.07 Å². The molecule has 1 aliphatic rings. The number of carbonyl (C=O) groups is 2. The predicted octanol–water partition coefficient (Wildman–Crippen LogP) is 1.14. The van der Waals surface area contributed by atoms with Gasteiger partial charge in [-0.1, -0.05) is 0 Å². The van der Waals surface area contributed by atoms with Crippen LogP contribution < -0.4 is 5.32 Å². The Balaban J connectivity index is 1.96. The first-order valence-electron chi connectivity index (χ1n) is 5.20. The van der Waals surface area contributed by atoms with Crippen LogP contribution in [0.5, 0.6) is 0 Å². The quantitative estimate of drug-likeness (QED) is 0.805. The summed E-state index contributed by atoms with van der Waals surface area (Å²) >= 11 is 1.48. The van der Waals surface area contributed by atoms with Crippen LogP contribution in [0.25, 0.3) is 0 Å². The monoisotopic (exact) mass is 239 g/mol. The van der Waals surface area contributed by atoms with Crippen LogP contribution >= 0.6 is 11.3 Å². The van der Waals surface area contributed by atoms with Gasteiger partial charge < -0.3 is 10.1 Å². The zero-order valence-corrected chi connectivity index (χ0v) is 9.86. The van der Waals surface area contributed by atoms with Crippen LogP contribution in [0.3, 0.4) is 0 Å². The maximum absolute atomic E-state index is 11.6. The van der Waals surface area contributed by atoms with Gasteiger partial charge in [0.05, 0.1) is 0 Å². The van der Waals surface area contributed by atoms with Crippen molar-refractivity contribution in [1.82, 2.24) is 5.32 Å². The lowest BCUT2D eigenvalue weighted by molar-refractivity contribution is -0.123. The van der Waals surface area contributed by atoms with Crippen LogP contribution in [0.2, 0.25) is 0 Å². The van der Waals surface area contributed by atoms with E-state index in [0.29, 0.717) is 4.88 Å². The second-order valence-corrected chi connectivity index (χ2v) is 4.80. The first-order valence-corrected chi connectivity index (χ1v) is 6.01. The van der Waals surface area contributed by atoms with Crippen molar-refractivity contribution in [3.8, 4) is 0 Å². The van der Waals surface area contributed by atoms with E-state index in [1.165, 1.54) is 35.2 Å². The Bertz CT molecular complexity index is 403. The number of hydrogen-bond donors (Lipinski definition) is 1. The summed E-state index contributed by atoms with van der Waals surface area (Å²) in [5, 5.41) is 2.40. The lowest BCUT2D eigenvalue weighted by Crippen LogP contribution is -2.24. The molecule has 0 saturated heterocycles. The highest BCUT2D eigenvalue weighted by atomic mass is 32.1. The molecule has 0 aliphatic heterocycles. The maximum Gasteiger partial charge on any atom is 0.348 e. The van der Waals surface area contributed by atoms with Gasteiger partial charge in [-0.05, 0) is 30.9 Å². The molecule has 0 atom stereocenters. The van der Waals surface area contributed by atoms with E-state index in [9.17, 15) is 9.59 Å². The van der Waals surface area contributed by atoms with Gasteiger partial charge >= 0.3 is 5.97 Å². The first-order chi connectivity index (χ1) is 7.70.